The average molecular weight is 190 g/mol. The summed E-state index contributed by atoms with van der Waals surface area (Å²) >= 11 is 0. The summed E-state index contributed by atoms with van der Waals surface area (Å²) in [6.07, 6.45) is 2.05. The van der Waals surface area contributed by atoms with Crippen LogP contribution in [0.2, 0.25) is 0 Å². The van der Waals surface area contributed by atoms with Crippen LogP contribution in [0.5, 0.6) is 0 Å². The Morgan fingerprint density at radius 1 is 1.42 bits per heavy atom. The molecule has 0 aromatic rings. The number of piperidine rings is 1. The zero-order chi connectivity index (χ0) is 8.10. The summed E-state index contributed by atoms with van der Waals surface area (Å²) in [6.45, 7) is 3.82. The van der Waals surface area contributed by atoms with Crippen molar-refractivity contribution in [3.05, 3.63) is 0 Å². The maximum absolute atomic E-state index is 8.61. The van der Waals surface area contributed by atoms with Crippen molar-refractivity contribution in [3.8, 4) is 6.07 Å². The van der Waals surface area contributed by atoms with Crippen LogP contribution in [0.25, 0.3) is 0 Å². The maximum Gasteiger partial charge on any atom is 0.0656 e. The number of nitrogens with two attached hydrogens (primary N) is 1. The summed E-state index contributed by atoms with van der Waals surface area (Å²) in [4.78, 5) is 2.33. The molecular formula is C8H16ClN3. The maximum atomic E-state index is 8.61. The number of hydrogen-bond acceptors (Lipinski definition) is 3. The van der Waals surface area contributed by atoms with Gasteiger partial charge in [-0.15, -0.1) is 12.4 Å². The van der Waals surface area contributed by atoms with Crippen molar-refractivity contribution in [1.82, 2.24) is 4.90 Å². The minimum atomic E-state index is 0. The molecule has 0 aliphatic carbocycles. The summed E-state index contributed by atoms with van der Waals surface area (Å²) in [6, 6.07) is 2.31. The second kappa shape index (κ2) is 6.24. The smallest absolute Gasteiger partial charge is 0.0656 e. The summed E-state index contributed by atoms with van der Waals surface area (Å²) in [7, 11) is 0. The zero-order valence-corrected chi connectivity index (χ0v) is 8.02. The number of nitriles is 1. The van der Waals surface area contributed by atoms with Crippen LogP contribution in [0.3, 0.4) is 0 Å². The van der Waals surface area contributed by atoms with Gasteiger partial charge in [-0.05, 0) is 25.9 Å². The van der Waals surface area contributed by atoms with Crippen LogP contribution in [-0.4, -0.2) is 31.1 Å². The Kier molecular flexibility index (Phi) is 6.09. The van der Waals surface area contributed by atoms with Crippen molar-refractivity contribution in [1.29, 1.82) is 5.26 Å². The number of halogens is 1. The fourth-order valence-electron chi connectivity index (χ4n) is 1.47. The Hall–Kier alpha value is -0.300. The van der Waals surface area contributed by atoms with Crippen LogP contribution < -0.4 is 5.73 Å². The SMILES string of the molecule is Cl.N#CC1CCN(CCN)CC1. The standard InChI is InChI=1S/C8H15N3.ClH/c9-3-6-11-4-1-8(7-10)2-5-11;/h8H,1-6,9H2;1H. The molecule has 0 aromatic carbocycles. The molecule has 2 N–H and O–H groups in total. The lowest BCUT2D eigenvalue weighted by atomic mass is 9.99. The molecule has 4 heteroatoms. The summed E-state index contributed by atoms with van der Waals surface area (Å²) in [5.41, 5.74) is 5.42. The molecule has 0 unspecified atom stereocenters. The van der Waals surface area contributed by atoms with E-state index >= 15 is 0 Å². The topological polar surface area (TPSA) is 53.0 Å². The number of likely N-dealkylation sites (tertiary alicyclic amines) is 1. The summed E-state index contributed by atoms with van der Waals surface area (Å²) < 4.78 is 0. The highest BCUT2D eigenvalue weighted by Crippen LogP contribution is 2.14. The van der Waals surface area contributed by atoms with Gasteiger partial charge in [0.05, 0.1) is 6.07 Å². The molecule has 0 radical (unpaired) electrons. The lowest BCUT2D eigenvalue weighted by Gasteiger charge is -2.28. The molecular weight excluding hydrogens is 174 g/mol. The average Bonchev–Trinajstić information content (AvgIpc) is 2.07. The van der Waals surface area contributed by atoms with Crippen LogP contribution in [0.4, 0.5) is 0 Å². The van der Waals surface area contributed by atoms with Gasteiger partial charge in [-0.1, -0.05) is 0 Å². The highest BCUT2D eigenvalue weighted by Gasteiger charge is 2.17. The van der Waals surface area contributed by atoms with E-state index in [1.807, 2.05) is 0 Å². The van der Waals surface area contributed by atoms with Gasteiger partial charge in [0.25, 0.3) is 0 Å². The minimum absolute atomic E-state index is 0. The first kappa shape index (κ1) is 11.7. The molecule has 1 heterocycles. The predicted molar refractivity (Wildman–Crippen MR) is 51.1 cm³/mol. The van der Waals surface area contributed by atoms with Gasteiger partial charge in [-0.3, -0.25) is 0 Å². The normalized spacial score (nSPS) is 19.7. The molecule has 0 atom stereocenters. The Balaban J connectivity index is 0.00000121. The predicted octanol–water partition coefficient (Wildman–Crippen LogP) is 0.602. The third-order valence-corrected chi connectivity index (χ3v) is 2.22. The van der Waals surface area contributed by atoms with Crippen molar-refractivity contribution in [2.24, 2.45) is 11.7 Å². The molecule has 3 nitrogen and oxygen atoms in total. The van der Waals surface area contributed by atoms with E-state index in [9.17, 15) is 0 Å². The largest absolute Gasteiger partial charge is 0.329 e. The Morgan fingerprint density at radius 2 is 2.00 bits per heavy atom. The van der Waals surface area contributed by atoms with E-state index in [1.165, 1.54) is 0 Å². The molecule has 1 aliphatic heterocycles. The first-order valence-corrected chi connectivity index (χ1v) is 4.19. The van der Waals surface area contributed by atoms with Gasteiger partial charge in [0.1, 0.15) is 0 Å². The van der Waals surface area contributed by atoms with Crippen LogP contribution in [0, 0.1) is 17.2 Å². The molecule has 1 rings (SSSR count). The van der Waals surface area contributed by atoms with Crippen LogP contribution in [0.15, 0.2) is 0 Å². The van der Waals surface area contributed by atoms with E-state index in [-0.39, 0.29) is 12.4 Å². The molecule has 0 bridgehead atoms. The fourth-order valence-corrected chi connectivity index (χ4v) is 1.47. The van der Waals surface area contributed by atoms with Gasteiger partial charge in [-0.2, -0.15) is 5.26 Å². The van der Waals surface area contributed by atoms with E-state index in [4.69, 9.17) is 11.0 Å². The second-order valence-corrected chi connectivity index (χ2v) is 3.03. The number of nitrogens with zero attached hydrogens (tertiary/aromatic N) is 2. The van der Waals surface area contributed by atoms with E-state index in [0.29, 0.717) is 5.92 Å². The Labute approximate surface area is 79.9 Å². The lowest BCUT2D eigenvalue weighted by Crippen LogP contribution is -2.36. The third-order valence-electron chi connectivity index (χ3n) is 2.22. The monoisotopic (exact) mass is 189 g/mol. The van der Waals surface area contributed by atoms with E-state index < -0.39 is 0 Å². The van der Waals surface area contributed by atoms with E-state index in [2.05, 4.69) is 11.0 Å². The minimum Gasteiger partial charge on any atom is -0.329 e. The molecule has 12 heavy (non-hydrogen) atoms. The van der Waals surface area contributed by atoms with Gasteiger partial charge in [0.15, 0.2) is 0 Å². The van der Waals surface area contributed by atoms with Gasteiger partial charge in [-0.25, -0.2) is 0 Å². The first-order valence-electron chi connectivity index (χ1n) is 4.19. The Bertz CT molecular complexity index is 147. The van der Waals surface area contributed by atoms with Gasteiger partial charge < -0.3 is 10.6 Å². The molecule has 1 fully saturated rings. The van der Waals surface area contributed by atoms with Crippen LogP contribution in [0.1, 0.15) is 12.8 Å². The Morgan fingerprint density at radius 3 is 2.42 bits per heavy atom. The molecule has 1 saturated heterocycles. The first-order chi connectivity index (χ1) is 5.36. The zero-order valence-electron chi connectivity index (χ0n) is 7.20. The van der Waals surface area contributed by atoms with Crippen molar-refractivity contribution < 1.29 is 0 Å². The van der Waals surface area contributed by atoms with Crippen molar-refractivity contribution in [2.45, 2.75) is 12.8 Å². The van der Waals surface area contributed by atoms with Gasteiger partial charge in [0, 0.05) is 19.0 Å². The lowest BCUT2D eigenvalue weighted by molar-refractivity contribution is 0.211. The molecule has 0 spiro atoms. The highest BCUT2D eigenvalue weighted by molar-refractivity contribution is 5.85. The summed E-state index contributed by atoms with van der Waals surface area (Å²) in [5, 5.41) is 8.61. The quantitative estimate of drug-likeness (QED) is 0.693. The highest BCUT2D eigenvalue weighted by atomic mass is 35.5. The number of hydrogen-bond donors (Lipinski definition) is 1. The molecule has 0 saturated carbocycles. The third kappa shape index (κ3) is 3.40. The molecule has 70 valence electrons. The molecule has 0 amide bonds. The van der Waals surface area contributed by atoms with Gasteiger partial charge >= 0.3 is 0 Å². The molecule has 0 aromatic heterocycles. The van der Waals surface area contributed by atoms with Crippen molar-refractivity contribution in [3.63, 3.8) is 0 Å². The molecule has 1 aliphatic rings. The van der Waals surface area contributed by atoms with Crippen LogP contribution >= 0.6 is 12.4 Å². The number of rotatable bonds is 2. The fraction of sp³-hybridized carbons (Fsp3) is 0.875. The van der Waals surface area contributed by atoms with Crippen molar-refractivity contribution >= 4 is 12.4 Å². The van der Waals surface area contributed by atoms with Crippen LogP contribution in [-0.2, 0) is 0 Å². The van der Waals surface area contributed by atoms with Crippen molar-refractivity contribution in [2.75, 3.05) is 26.2 Å². The van der Waals surface area contributed by atoms with E-state index in [0.717, 1.165) is 39.0 Å². The summed E-state index contributed by atoms with van der Waals surface area (Å²) in [5.74, 6) is 0.295. The van der Waals surface area contributed by atoms with E-state index in [1.54, 1.807) is 0 Å². The second-order valence-electron chi connectivity index (χ2n) is 3.03. The van der Waals surface area contributed by atoms with Gasteiger partial charge in [0.2, 0.25) is 0 Å².